The summed E-state index contributed by atoms with van der Waals surface area (Å²) in [4.78, 5) is 13.3. The first-order chi connectivity index (χ1) is 15.0. The number of amides is 1. The molecule has 4 aromatic rings. The molecule has 1 aromatic heterocycles. The fourth-order valence-corrected chi connectivity index (χ4v) is 4.19. The molecule has 156 valence electrons. The van der Waals surface area contributed by atoms with Gasteiger partial charge in [0.25, 0.3) is 0 Å². The minimum Gasteiger partial charge on any atom is -0.325 e. The van der Waals surface area contributed by atoms with Gasteiger partial charge in [0.15, 0.2) is 0 Å². The van der Waals surface area contributed by atoms with Crippen LogP contribution in [0.15, 0.2) is 78.0 Å². The van der Waals surface area contributed by atoms with Crippen LogP contribution in [0.3, 0.4) is 0 Å². The summed E-state index contributed by atoms with van der Waals surface area (Å²) in [7, 11) is 0. The van der Waals surface area contributed by atoms with Crippen LogP contribution in [-0.4, -0.2) is 26.1 Å². The molecule has 0 aliphatic heterocycles. The van der Waals surface area contributed by atoms with Gasteiger partial charge in [-0.05, 0) is 66.1 Å². The zero-order valence-electron chi connectivity index (χ0n) is 17.6. The molecule has 1 amide bonds. The Morgan fingerprint density at radius 1 is 0.935 bits per heavy atom. The van der Waals surface area contributed by atoms with E-state index in [-0.39, 0.29) is 5.91 Å². The number of carbonyl (C=O) groups is 1. The Balaban J connectivity index is 1.67. The molecular formula is C24H23N5OS. The van der Waals surface area contributed by atoms with Gasteiger partial charge in [0, 0.05) is 5.69 Å². The van der Waals surface area contributed by atoms with Crippen LogP contribution >= 0.6 is 11.8 Å². The van der Waals surface area contributed by atoms with E-state index in [9.17, 15) is 4.79 Å². The maximum Gasteiger partial charge on any atom is 0.242 e. The highest BCUT2D eigenvalue weighted by Crippen LogP contribution is 2.36. The maximum atomic E-state index is 13.3. The molecule has 0 unspecified atom stereocenters. The van der Waals surface area contributed by atoms with Crippen molar-refractivity contribution in [2.75, 3.05) is 5.32 Å². The number of anilines is 1. The monoisotopic (exact) mass is 429 g/mol. The lowest BCUT2D eigenvalue weighted by Crippen LogP contribution is -2.19. The zero-order valence-corrected chi connectivity index (χ0v) is 18.4. The quantitative estimate of drug-likeness (QED) is 0.434. The van der Waals surface area contributed by atoms with Crippen molar-refractivity contribution in [1.82, 2.24) is 20.2 Å². The summed E-state index contributed by atoms with van der Waals surface area (Å²) >= 11 is 1.33. The average Bonchev–Trinajstić information content (AvgIpc) is 3.24. The number of nitrogens with one attached hydrogen (secondary N) is 1. The normalized spacial score (nSPS) is 11.8. The van der Waals surface area contributed by atoms with Crippen LogP contribution in [-0.2, 0) is 4.79 Å². The minimum absolute atomic E-state index is 0.129. The Morgan fingerprint density at radius 2 is 1.65 bits per heavy atom. The first-order valence-electron chi connectivity index (χ1n) is 9.96. The topological polar surface area (TPSA) is 72.7 Å². The first-order valence-corrected chi connectivity index (χ1v) is 10.8. The molecule has 31 heavy (non-hydrogen) atoms. The van der Waals surface area contributed by atoms with Gasteiger partial charge in [0.05, 0.1) is 5.69 Å². The largest absolute Gasteiger partial charge is 0.325 e. The Morgan fingerprint density at radius 3 is 2.39 bits per heavy atom. The molecule has 0 radical (unpaired) electrons. The SMILES string of the molecule is Cc1ccc(NC(=O)[C@@H](Sc2nnnn2-c2cc(C)ccc2C)c2ccccc2)cc1. The molecule has 0 fully saturated rings. The molecule has 0 saturated heterocycles. The van der Waals surface area contributed by atoms with Crippen LogP contribution in [0.2, 0.25) is 0 Å². The van der Waals surface area contributed by atoms with Crippen molar-refractivity contribution in [1.29, 1.82) is 0 Å². The summed E-state index contributed by atoms with van der Waals surface area (Å²) in [5.74, 6) is -0.129. The van der Waals surface area contributed by atoms with Crippen LogP contribution in [0.1, 0.15) is 27.5 Å². The summed E-state index contributed by atoms with van der Waals surface area (Å²) in [5, 5.41) is 15.3. The molecule has 1 N–H and O–H groups in total. The van der Waals surface area contributed by atoms with Gasteiger partial charge in [-0.1, -0.05) is 71.9 Å². The number of aromatic nitrogens is 4. The average molecular weight is 430 g/mol. The third-order valence-corrected chi connectivity index (χ3v) is 6.10. The summed E-state index contributed by atoms with van der Waals surface area (Å²) in [6.45, 7) is 6.06. The van der Waals surface area contributed by atoms with Gasteiger partial charge in [0.1, 0.15) is 5.25 Å². The van der Waals surface area contributed by atoms with Crippen molar-refractivity contribution in [3.8, 4) is 5.69 Å². The molecule has 0 bridgehead atoms. The van der Waals surface area contributed by atoms with Crippen molar-refractivity contribution in [3.63, 3.8) is 0 Å². The van der Waals surface area contributed by atoms with E-state index in [0.29, 0.717) is 5.16 Å². The molecule has 0 aliphatic carbocycles. The predicted molar refractivity (Wildman–Crippen MR) is 123 cm³/mol. The molecule has 0 aliphatic rings. The molecule has 4 rings (SSSR count). The third kappa shape index (κ3) is 4.83. The summed E-state index contributed by atoms with van der Waals surface area (Å²) < 4.78 is 1.70. The molecular weight excluding hydrogens is 406 g/mol. The summed E-state index contributed by atoms with van der Waals surface area (Å²) in [6, 6.07) is 23.6. The standard InChI is InChI=1S/C24H23N5OS/c1-16-10-13-20(14-11-16)25-23(30)22(19-7-5-4-6-8-19)31-24-26-27-28-29(24)21-15-17(2)9-12-18(21)3/h4-15,22H,1-3H3,(H,25,30)/t22-/m0/s1. The fraction of sp³-hybridized carbons (Fsp3) is 0.167. The van der Waals surface area contributed by atoms with Gasteiger partial charge in [-0.3, -0.25) is 4.79 Å². The van der Waals surface area contributed by atoms with Gasteiger partial charge >= 0.3 is 0 Å². The molecule has 1 heterocycles. The second-order valence-electron chi connectivity index (χ2n) is 7.43. The lowest BCUT2D eigenvalue weighted by Gasteiger charge is -2.17. The van der Waals surface area contributed by atoms with Crippen molar-refractivity contribution in [2.24, 2.45) is 0 Å². The van der Waals surface area contributed by atoms with Crippen molar-refractivity contribution >= 4 is 23.4 Å². The zero-order chi connectivity index (χ0) is 21.8. The van der Waals surface area contributed by atoms with Crippen LogP contribution < -0.4 is 5.32 Å². The number of hydrogen-bond donors (Lipinski definition) is 1. The van der Waals surface area contributed by atoms with Crippen LogP contribution in [0.4, 0.5) is 5.69 Å². The van der Waals surface area contributed by atoms with Gasteiger partial charge in [-0.2, -0.15) is 4.68 Å². The number of hydrogen-bond acceptors (Lipinski definition) is 5. The second kappa shape index (κ2) is 9.14. The first kappa shape index (κ1) is 20.8. The van der Waals surface area contributed by atoms with E-state index >= 15 is 0 Å². The van der Waals surface area contributed by atoms with Gasteiger partial charge < -0.3 is 5.32 Å². The maximum absolute atomic E-state index is 13.3. The van der Waals surface area contributed by atoms with Crippen molar-refractivity contribution in [2.45, 2.75) is 31.2 Å². The van der Waals surface area contributed by atoms with Crippen molar-refractivity contribution < 1.29 is 4.79 Å². The number of thioether (sulfide) groups is 1. The highest BCUT2D eigenvalue weighted by Gasteiger charge is 2.26. The number of aryl methyl sites for hydroxylation is 3. The lowest BCUT2D eigenvalue weighted by atomic mass is 10.1. The summed E-state index contributed by atoms with van der Waals surface area (Å²) in [6.07, 6.45) is 0. The van der Waals surface area contributed by atoms with Gasteiger partial charge in [-0.15, -0.1) is 5.10 Å². The molecule has 6 nitrogen and oxygen atoms in total. The number of rotatable bonds is 6. The second-order valence-corrected chi connectivity index (χ2v) is 8.50. The van der Waals surface area contributed by atoms with Crippen LogP contribution in [0, 0.1) is 20.8 Å². The van der Waals surface area contributed by atoms with Gasteiger partial charge in [-0.25, -0.2) is 0 Å². The highest BCUT2D eigenvalue weighted by molar-refractivity contribution is 8.00. The third-order valence-electron chi connectivity index (χ3n) is 4.92. The van der Waals surface area contributed by atoms with Crippen LogP contribution in [0.25, 0.3) is 5.69 Å². The predicted octanol–water partition coefficient (Wildman–Crippen LogP) is 5.06. The molecule has 1 atom stereocenters. The van der Waals surface area contributed by atoms with E-state index in [2.05, 4.69) is 26.9 Å². The molecule has 0 spiro atoms. The number of carbonyl (C=O) groups excluding carboxylic acids is 1. The van der Waals surface area contributed by atoms with Crippen molar-refractivity contribution in [3.05, 3.63) is 95.1 Å². The van der Waals surface area contributed by atoms with E-state index in [1.165, 1.54) is 11.8 Å². The smallest absolute Gasteiger partial charge is 0.242 e. The van der Waals surface area contributed by atoms with E-state index in [1.807, 2.05) is 87.5 Å². The Kier molecular flexibility index (Phi) is 6.13. The molecule has 3 aromatic carbocycles. The Labute approximate surface area is 185 Å². The Bertz CT molecular complexity index is 1190. The lowest BCUT2D eigenvalue weighted by molar-refractivity contribution is -0.115. The van der Waals surface area contributed by atoms with E-state index in [1.54, 1.807) is 4.68 Å². The van der Waals surface area contributed by atoms with E-state index < -0.39 is 5.25 Å². The molecule has 0 saturated carbocycles. The number of benzene rings is 3. The number of tetrazole rings is 1. The van der Waals surface area contributed by atoms with Gasteiger partial charge in [0.2, 0.25) is 11.1 Å². The molecule has 7 heteroatoms. The van der Waals surface area contributed by atoms with E-state index in [0.717, 1.165) is 33.6 Å². The minimum atomic E-state index is -0.516. The van der Waals surface area contributed by atoms with Crippen LogP contribution in [0.5, 0.6) is 0 Å². The van der Waals surface area contributed by atoms with E-state index in [4.69, 9.17) is 0 Å². The summed E-state index contributed by atoms with van der Waals surface area (Å²) in [5.41, 5.74) is 5.85. The highest BCUT2D eigenvalue weighted by atomic mass is 32.2. The number of nitrogens with zero attached hydrogens (tertiary/aromatic N) is 4. The Hall–Kier alpha value is -3.45. The fourth-order valence-electron chi connectivity index (χ4n) is 3.20.